The second-order valence-electron chi connectivity index (χ2n) is 6.81. The molecule has 2 aromatic rings. The molecule has 0 aliphatic rings. The van der Waals surface area contributed by atoms with Crippen molar-refractivity contribution < 1.29 is 21.6 Å². The molecule has 0 aliphatic carbocycles. The number of hydrogen-bond donors (Lipinski definition) is 2. The molecular formula is C18H21F3N2O2S. The van der Waals surface area contributed by atoms with E-state index in [-0.39, 0.29) is 12.2 Å². The Morgan fingerprint density at radius 3 is 2.04 bits per heavy atom. The van der Waals surface area contributed by atoms with Gasteiger partial charge in [-0.2, -0.15) is 13.2 Å². The molecule has 2 aromatic carbocycles. The maximum atomic E-state index is 13.0. The summed E-state index contributed by atoms with van der Waals surface area (Å²) >= 11 is 0. The largest absolute Gasteiger partial charge is 0.418 e. The fraction of sp³-hybridized carbons (Fsp3) is 0.333. The van der Waals surface area contributed by atoms with E-state index in [9.17, 15) is 21.6 Å². The number of alkyl halides is 3. The van der Waals surface area contributed by atoms with Gasteiger partial charge >= 0.3 is 6.18 Å². The van der Waals surface area contributed by atoms with Crippen LogP contribution in [-0.4, -0.2) is 13.2 Å². The van der Waals surface area contributed by atoms with E-state index in [0.717, 1.165) is 11.6 Å². The number of para-hydroxylation sites is 1. The zero-order valence-corrected chi connectivity index (χ0v) is 15.5. The highest BCUT2D eigenvalue weighted by atomic mass is 32.2. The summed E-state index contributed by atoms with van der Waals surface area (Å²) in [6, 6.07) is 11.7. The standard InChI is InChI=1S/C18H21F3N2O2S/c1-17(2,3)26(24,25)23-14-10-8-13(9-11-14)12-22-16-7-5-4-6-15(16)18(19,20)21/h4-11,22-23H,12H2,1-3H3. The molecule has 0 unspecified atom stereocenters. The van der Waals surface area contributed by atoms with E-state index in [1.54, 1.807) is 45.0 Å². The molecule has 0 spiro atoms. The number of sulfonamides is 1. The minimum absolute atomic E-state index is 0.00230. The van der Waals surface area contributed by atoms with Gasteiger partial charge in [-0.3, -0.25) is 4.72 Å². The lowest BCUT2D eigenvalue weighted by molar-refractivity contribution is -0.137. The molecule has 142 valence electrons. The fourth-order valence-corrected chi connectivity index (χ4v) is 2.83. The number of nitrogens with one attached hydrogen (secondary N) is 2. The third kappa shape index (κ3) is 4.91. The molecule has 0 bridgehead atoms. The van der Waals surface area contributed by atoms with Gasteiger partial charge in [0.05, 0.1) is 10.3 Å². The van der Waals surface area contributed by atoms with Crippen LogP contribution >= 0.6 is 0 Å². The number of hydrogen-bond acceptors (Lipinski definition) is 3. The van der Waals surface area contributed by atoms with E-state index in [0.29, 0.717) is 5.69 Å². The van der Waals surface area contributed by atoms with Crippen molar-refractivity contribution >= 4 is 21.4 Å². The highest BCUT2D eigenvalue weighted by Gasteiger charge is 2.33. The maximum absolute atomic E-state index is 13.0. The first-order valence-corrected chi connectivity index (χ1v) is 9.40. The molecule has 0 fully saturated rings. The Morgan fingerprint density at radius 2 is 1.50 bits per heavy atom. The van der Waals surface area contributed by atoms with Crippen LogP contribution in [-0.2, 0) is 22.7 Å². The zero-order chi connectivity index (χ0) is 19.6. The predicted octanol–water partition coefficient (Wildman–Crippen LogP) is 4.86. The van der Waals surface area contributed by atoms with Crippen LogP contribution < -0.4 is 10.0 Å². The first-order chi connectivity index (χ1) is 11.9. The van der Waals surface area contributed by atoms with Crippen LogP contribution in [0.25, 0.3) is 0 Å². The van der Waals surface area contributed by atoms with Crippen molar-refractivity contribution in [3.05, 3.63) is 59.7 Å². The molecule has 0 aliphatic heterocycles. The van der Waals surface area contributed by atoms with Crippen molar-refractivity contribution in [2.75, 3.05) is 10.0 Å². The van der Waals surface area contributed by atoms with Gasteiger partial charge in [-0.25, -0.2) is 8.42 Å². The summed E-state index contributed by atoms with van der Waals surface area (Å²) in [5.74, 6) is 0. The highest BCUT2D eigenvalue weighted by molar-refractivity contribution is 7.94. The van der Waals surface area contributed by atoms with Gasteiger partial charge in [0.15, 0.2) is 0 Å². The molecule has 0 aromatic heterocycles. The molecule has 26 heavy (non-hydrogen) atoms. The lowest BCUT2D eigenvalue weighted by Gasteiger charge is -2.20. The van der Waals surface area contributed by atoms with Gasteiger partial charge in [0, 0.05) is 17.9 Å². The van der Waals surface area contributed by atoms with Crippen molar-refractivity contribution in [3.8, 4) is 0 Å². The molecule has 0 radical (unpaired) electrons. The molecule has 0 saturated heterocycles. The quantitative estimate of drug-likeness (QED) is 0.772. The SMILES string of the molecule is CC(C)(C)S(=O)(=O)Nc1ccc(CNc2ccccc2C(F)(F)F)cc1. The molecule has 0 amide bonds. The fourth-order valence-electron chi connectivity index (χ4n) is 2.08. The van der Waals surface area contributed by atoms with Crippen molar-refractivity contribution in [2.24, 2.45) is 0 Å². The van der Waals surface area contributed by atoms with Gasteiger partial charge in [-0.1, -0.05) is 24.3 Å². The summed E-state index contributed by atoms with van der Waals surface area (Å²) in [6.45, 7) is 4.95. The highest BCUT2D eigenvalue weighted by Crippen LogP contribution is 2.34. The van der Waals surface area contributed by atoms with E-state index in [1.807, 2.05) is 0 Å². The second-order valence-corrected chi connectivity index (χ2v) is 9.25. The van der Waals surface area contributed by atoms with Crippen LogP contribution in [0.15, 0.2) is 48.5 Å². The van der Waals surface area contributed by atoms with Crippen molar-refractivity contribution in [1.82, 2.24) is 0 Å². The van der Waals surface area contributed by atoms with E-state index in [4.69, 9.17) is 0 Å². The predicted molar refractivity (Wildman–Crippen MR) is 97.5 cm³/mol. The molecule has 0 heterocycles. The minimum atomic E-state index is -4.43. The molecule has 2 rings (SSSR count). The number of rotatable bonds is 5. The first-order valence-electron chi connectivity index (χ1n) is 7.91. The van der Waals surface area contributed by atoms with Gasteiger partial charge < -0.3 is 5.32 Å². The number of halogens is 3. The maximum Gasteiger partial charge on any atom is 0.418 e. The smallest absolute Gasteiger partial charge is 0.380 e. The first kappa shape index (κ1) is 20.1. The summed E-state index contributed by atoms with van der Waals surface area (Å²) in [6.07, 6.45) is -4.43. The third-order valence-corrected chi connectivity index (χ3v) is 5.84. The Hall–Kier alpha value is -2.22. The summed E-state index contributed by atoms with van der Waals surface area (Å²) < 4.78 is 64.7. The molecular weight excluding hydrogens is 365 g/mol. The number of benzene rings is 2. The zero-order valence-electron chi connectivity index (χ0n) is 14.7. The lowest BCUT2D eigenvalue weighted by Crippen LogP contribution is -2.33. The Labute approximate surface area is 151 Å². The average molecular weight is 386 g/mol. The summed E-state index contributed by atoms with van der Waals surface area (Å²) in [4.78, 5) is 0. The van der Waals surface area contributed by atoms with Gasteiger partial charge in [0.25, 0.3) is 0 Å². The summed E-state index contributed by atoms with van der Waals surface area (Å²) in [5.41, 5.74) is 0.395. The van der Waals surface area contributed by atoms with Crippen molar-refractivity contribution in [2.45, 2.75) is 38.2 Å². The van der Waals surface area contributed by atoms with Crippen molar-refractivity contribution in [1.29, 1.82) is 0 Å². The van der Waals surface area contributed by atoms with Crippen LogP contribution in [0.1, 0.15) is 31.9 Å². The normalized spacial score (nSPS) is 12.7. The van der Waals surface area contributed by atoms with Gasteiger partial charge in [0.1, 0.15) is 0 Å². The van der Waals surface area contributed by atoms with Gasteiger partial charge in [-0.05, 0) is 50.6 Å². The van der Waals surface area contributed by atoms with Crippen LogP contribution in [0.2, 0.25) is 0 Å². The molecule has 2 N–H and O–H groups in total. The third-order valence-electron chi connectivity index (χ3n) is 3.73. The van der Waals surface area contributed by atoms with E-state index >= 15 is 0 Å². The topological polar surface area (TPSA) is 58.2 Å². The van der Waals surface area contributed by atoms with E-state index in [2.05, 4.69) is 10.0 Å². The van der Waals surface area contributed by atoms with Crippen molar-refractivity contribution in [3.63, 3.8) is 0 Å². The van der Waals surface area contributed by atoms with Crippen LogP contribution in [0.4, 0.5) is 24.5 Å². The Balaban J connectivity index is 2.08. The van der Waals surface area contributed by atoms with E-state index < -0.39 is 26.5 Å². The Morgan fingerprint density at radius 1 is 0.923 bits per heavy atom. The second kappa shape index (κ2) is 7.19. The van der Waals surface area contributed by atoms with E-state index in [1.165, 1.54) is 18.2 Å². The van der Waals surface area contributed by atoms with Crippen LogP contribution in [0.3, 0.4) is 0 Å². The molecule has 0 saturated carbocycles. The monoisotopic (exact) mass is 386 g/mol. The summed E-state index contributed by atoms with van der Waals surface area (Å²) in [7, 11) is -3.53. The number of anilines is 2. The van der Waals surface area contributed by atoms with Crippen LogP contribution in [0, 0.1) is 0 Å². The Kier molecular flexibility index (Phi) is 5.55. The average Bonchev–Trinajstić information content (AvgIpc) is 2.52. The molecule has 8 heteroatoms. The van der Waals surface area contributed by atoms with Crippen LogP contribution in [0.5, 0.6) is 0 Å². The van der Waals surface area contributed by atoms with Gasteiger partial charge in [0.2, 0.25) is 10.0 Å². The lowest BCUT2D eigenvalue weighted by atomic mass is 10.1. The Bertz CT molecular complexity index is 855. The molecule has 4 nitrogen and oxygen atoms in total. The van der Waals surface area contributed by atoms with Gasteiger partial charge in [-0.15, -0.1) is 0 Å². The minimum Gasteiger partial charge on any atom is -0.380 e. The molecule has 0 atom stereocenters. The summed E-state index contributed by atoms with van der Waals surface area (Å²) in [5, 5.41) is 2.77.